The lowest BCUT2D eigenvalue weighted by atomic mass is 10.2. The van der Waals surface area contributed by atoms with Crippen molar-refractivity contribution in [3.05, 3.63) is 35.2 Å². The van der Waals surface area contributed by atoms with Crippen LogP contribution < -0.4 is 20.6 Å². The van der Waals surface area contributed by atoms with Gasteiger partial charge in [0.1, 0.15) is 0 Å². The normalized spacial score (nSPS) is 12.7. The predicted octanol–water partition coefficient (Wildman–Crippen LogP) is 0.567. The number of nitrogen functional groups attached to an aromatic ring is 1. The number of ether oxygens (including phenoxy) is 2. The van der Waals surface area contributed by atoms with Gasteiger partial charge >= 0.3 is 0 Å². The van der Waals surface area contributed by atoms with Crippen LogP contribution in [0.15, 0.2) is 27.9 Å². The fourth-order valence-corrected chi connectivity index (χ4v) is 3.00. The van der Waals surface area contributed by atoms with E-state index in [9.17, 15) is 4.79 Å². The van der Waals surface area contributed by atoms with Crippen molar-refractivity contribution in [1.82, 2.24) is 35.6 Å². The third-order valence-corrected chi connectivity index (χ3v) is 4.72. The van der Waals surface area contributed by atoms with Crippen molar-refractivity contribution in [2.75, 3.05) is 25.6 Å². The summed E-state index contributed by atoms with van der Waals surface area (Å²) in [5, 5.41) is 19.4. The average Bonchev–Trinajstić information content (AvgIpc) is 3.50. The van der Waals surface area contributed by atoms with Gasteiger partial charge in [0.15, 0.2) is 17.2 Å². The zero-order valence-electron chi connectivity index (χ0n) is 17.0. The molecule has 13 nitrogen and oxygen atoms in total. The Morgan fingerprint density at radius 1 is 1.29 bits per heavy atom. The van der Waals surface area contributed by atoms with Crippen LogP contribution in [0.3, 0.4) is 0 Å². The highest BCUT2D eigenvalue weighted by Gasteiger charge is 2.25. The zero-order chi connectivity index (χ0) is 21.8. The van der Waals surface area contributed by atoms with Crippen LogP contribution in [0.4, 0.5) is 5.82 Å². The summed E-state index contributed by atoms with van der Waals surface area (Å²) in [4.78, 5) is 14.9. The highest BCUT2D eigenvalue weighted by atomic mass is 16.7. The maximum Gasteiger partial charge on any atom is 0.293 e. The number of nitrogens with zero attached hydrogens (tertiary/aromatic N) is 7. The van der Waals surface area contributed by atoms with Crippen molar-refractivity contribution in [2.45, 2.75) is 20.4 Å². The van der Waals surface area contributed by atoms with Crippen molar-refractivity contribution in [3.8, 4) is 17.3 Å². The molecule has 13 heteroatoms. The predicted molar refractivity (Wildman–Crippen MR) is 108 cm³/mol. The molecule has 162 valence electrons. The summed E-state index contributed by atoms with van der Waals surface area (Å²) in [6.07, 6.45) is 1.49. The van der Waals surface area contributed by atoms with Gasteiger partial charge in [-0.05, 0) is 47.2 Å². The molecule has 1 aliphatic heterocycles. The van der Waals surface area contributed by atoms with Crippen LogP contribution in [0.2, 0.25) is 0 Å². The van der Waals surface area contributed by atoms with Gasteiger partial charge in [-0.1, -0.05) is 19.1 Å². The first-order valence-corrected chi connectivity index (χ1v) is 9.59. The molecule has 3 N–H and O–H groups in total. The second-order valence-corrected chi connectivity index (χ2v) is 6.54. The molecule has 0 aliphatic carbocycles. The maximum absolute atomic E-state index is 12.8. The number of carbonyl (C=O) groups excluding carboxylic acids is 1. The summed E-state index contributed by atoms with van der Waals surface area (Å²) < 4.78 is 16.6. The molecule has 0 fully saturated rings. The molecule has 0 radical (unpaired) electrons. The Labute approximate surface area is 176 Å². The molecule has 1 amide bonds. The SMILES string of the molecule is CCN(CC)Cc1c(C(=O)NN=Cc2ccc3c(c2)OCO3)nnn1-c1nonc1N. The Morgan fingerprint density at radius 2 is 2.10 bits per heavy atom. The number of rotatable bonds is 8. The summed E-state index contributed by atoms with van der Waals surface area (Å²) in [6.45, 7) is 6.12. The third-order valence-electron chi connectivity index (χ3n) is 4.72. The Morgan fingerprint density at radius 3 is 2.84 bits per heavy atom. The number of hydrogen-bond donors (Lipinski definition) is 2. The number of nitrogens with two attached hydrogens (primary N) is 1. The number of hydrogen-bond acceptors (Lipinski definition) is 11. The molecule has 3 aromatic rings. The van der Waals surface area contributed by atoms with Crippen LogP contribution in [0.25, 0.3) is 5.82 Å². The molecule has 0 unspecified atom stereocenters. The number of aromatic nitrogens is 5. The Hall–Kier alpha value is -4.00. The maximum atomic E-state index is 12.8. The van der Waals surface area contributed by atoms with Crippen LogP contribution in [-0.4, -0.2) is 62.2 Å². The number of anilines is 1. The molecular weight excluding hydrogens is 406 g/mol. The van der Waals surface area contributed by atoms with E-state index in [-0.39, 0.29) is 24.1 Å². The van der Waals surface area contributed by atoms with E-state index in [1.165, 1.54) is 10.9 Å². The quantitative estimate of drug-likeness (QED) is 0.384. The lowest BCUT2D eigenvalue weighted by Gasteiger charge is -2.18. The van der Waals surface area contributed by atoms with Crippen molar-refractivity contribution >= 4 is 17.9 Å². The van der Waals surface area contributed by atoms with Gasteiger partial charge in [0, 0.05) is 6.54 Å². The molecule has 1 aromatic carbocycles. The van der Waals surface area contributed by atoms with Gasteiger partial charge in [0.05, 0.1) is 11.9 Å². The second kappa shape index (κ2) is 8.79. The first-order chi connectivity index (χ1) is 15.1. The first-order valence-electron chi connectivity index (χ1n) is 9.59. The van der Waals surface area contributed by atoms with Crippen LogP contribution in [0.5, 0.6) is 11.5 Å². The number of fused-ring (bicyclic) bond motifs is 1. The summed E-state index contributed by atoms with van der Waals surface area (Å²) in [6, 6.07) is 5.33. The molecule has 2 aromatic heterocycles. The lowest BCUT2D eigenvalue weighted by molar-refractivity contribution is 0.0948. The van der Waals surface area contributed by atoms with Gasteiger partial charge < -0.3 is 15.2 Å². The second-order valence-electron chi connectivity index (χ2n) is 6.54. The monoisotopic (exact) mass is 427 g/mol. The van der Waals surface area contributed by atoms with Crippen molar-refractivity contribution in [3.63, 3.8) is 0 Å². The summed E-state index contributed by atoms with van der Waals surface area (Å²) in [7, 11) is 0. The molecule has 0 saturated heterocycles. The topological polar surface area (TPSA) is 159 Å². The smallest absolute Gasteiger partial charge is 0.293 e. The summed E-state index contributed by atoms with van der Waals surface area (Å²) in [5.74, 6) is 0.968. The fourth-order valence-electron chi connectivity index (χ4n) is 3.00. The van der Waals surface area contributed by atoms with Gasteiger partial charge in [-0.25, -0.2) is 10.1 Å². The van der Waals surface area contributed by atoms with Crippen molar-refractivity contribution < 1.29 is 18.9 Å². The van der Waals surface area contributed by atoms with E-state index >= 15 is 0 Å². The van der Waals surface area contributed by atoms with Crippen LogP contribution in [-0.2, 0) is 6.54 Å². The van der Waals surface area contributed by atoms with E-state index in [2.05, 4.69) is 40.7 Å². The van der Waals surface area contributed by atoms with E-state index in [1.54, 1.807) is 18.2 Å². The van der Waals surface area contributed by atoms with Crippen LogP contribution in [0, 0.1) is 0 Å². The largest absolute Gasteiger partial charge is 0.454 e. The van der Waals surface area contributed by atoms with Gasteiger partial charge in [0.2, 0.25) is 18.4 Å². The standard InChI is InChI=1S/C18H21N9O4/c1-3-26(4-2)9-12-15(21-25-27(12)17-16(19)23-31-24-17)18(28)22-20-8-11-5-6-13-14(7-11)30-10-29-13/h5-8H,3-4,9-10H2,1-2H3,(H2,19,23)(H,22,28). The molecule has 0 bridgehead atoms. The average molecular weight is 427 g/mol. The van der Waals surface area contributed by atoms with Gasteiger partial charge in [0.25, 0.3) is 5.91 Å². The molecule has 31 heavy (non-hydrogen) atoms. The lowest BCUT2D eigenvalue weighted by Crippen LogP contribution is -2.27. The number of amides is 1. The van der Waals surface area contributed by atoms with Gasteiger partial charge in [-0.3, -0.25) is 9.69 Å². The number of benzene rings is 1. The molecule has 3 heterocycles. The van der Waals surface area contributed by atoms with E-state index < -0.39 is 5.91 Å². The summed E-state index contributed by atoms with van der Waals surface area (Å²) in [5.41, 5.74) is 9.58. The van der Waals surface area contributed by atoms with E-state index in [1.807, 2.05) is 13.8 Å². The molecular formula is C18H21N9O4. The summed E-state index contributed by atoms with van der Waals surface area (Å²) >= 11 is 0. The number of hydrazone groups is 1. The Bertz CT molecular complexity index is 1100. The minimum atomic E-state index is -0.527. The Kier molecular flexibility index (Phi) is 5.75. The molecule has 1 aliphatic rings. The first kappa shape index (κ1) is 20.3. The highest BCUT2D eigenvalue weighted by molar-refractivity contribution is 5.94. The fraction of sp³-hybridized carbons (Fsp3) is 0.333. The number of nitrogens with one attached hydrogen (secondary N) is 1. The molecule has 0 atom stereocenters. The van der Waals surface area contributed by atoms with E-state index in [0.29, 0.717) is 23.7 Å². The van der Waals surface area contributed by atoms with Crippen LogP contribution >= 0.6 is 0 Å². The molecule has 4 rings (SSSR count). The Balaban J connectivity index is 1.55. The molecule has 0 saturated carbocycles. The van der Waals surface area contributed by atoms with E-state index in [4.69, 9.17) is 15.2 Å². The van der Waals surface area contributed by atoms with Crippen molar-refractivity contribution in [1.29, 1.82) is 0 Å². The minimum absolute atomic E-state index is 0.0403. The highest BCUT2D eigenvalue weighted by Crippen LogP contribution is 2.31. The van der Waals surface area contributed by atoms with Crippen LogP contribution in [0.1, 0.15) is 35.6 Å². The minimum Gasteiger partial charge on any atom is -0.454 e. The zero-order valence-corrected chi connectivity index (χ0v) is 17.0. The molecule has 0 spiro atoms. The van der Waals surface area contributed by atoms with Gasteiger partial charge in [-0.15, -0.1) is 5.10 Å². The van der Waals surface area contributed by atoms with Gasteiger partial charge in [-0.2, -0.15) is 9.78 Å². The van der Waals surface area contributed by atoms with E-state index in [0.717, 1.165) is 18.7 Å². The number of carbonyl (C=O) groups is 1. The van der Waals surface area contributed by atoms with Crippen molar-refractivity contribution in [2.24, 2.45) is 5.10 Å². The third kappa shape index (κ3) is 4.16.